The van der Waals surface area contributed by atoms with Gasteiger partial charge in [0.15, 0.2) is 11.8 Å². The number of aromatic nitrogens is 3. The molecule has 20 heavy (non-hydrogen) atoms. The molecule has 0 unspecified atom stereocenters. The summed E-state index contributed by atoms with van der Waals surface area (Å²) in [5.74, 6) is -2.01. The summed E-state index contributed by atoms with van der Waals surface area (Å²) in [5, 5.41) is 27.7. The molecule has 1 heterocycles. The van der Waals surface area contributed by atoms with Crippen LogP contribution in [0, 0.1) is 0 Å². The monoisotopic (exact) mass is 276 g/mol. The van der Waals surface area contributed by atoms with Crippen molar-refractivity contribution in [3.05, 3.63) is 42.2 Å². The molecule has 8 heteroatoms. The third kappa shape index (κ3) is 3.18. The van der Waals surface area contributed by atoms with Crippen molar-refractivity contribution in [1.29, 1.82) is 0 Å². The summed E-state index contributed by atoms with van der Waals surface area (Å²) >= 11 is 0. The van der Waals surface area contributed by atoms with Crippen LogP contribution in [0.25, 0.3) is 5.69 Å². The second kappa shape index (κ2) is 5.93. The van der Waals surface area contributed by atoms with Gasteiger partial charge in [-0.05, 0) is 12.1 Å². The molecule has 2 rings (SSSR count). The van der Waals surface area contributed by atoms with Crippen molar-refractivity contribution < 1.29 is 19.8 Å². The van der Waals surface area contributed by atoms with Gasteiger partial charge in [-0.1, -0.05) is 18.2 Å². The molecule has 0 aliphatic rings. The SMILES string of the molecule is O=C(NC[C@H](O)C(=O)O)c1cnn(-c2ccccc2)n1. The van der Waals surface area contributed by atoms with Crippen LogP contribution in [0.1, 0.15) is 10.5 Å². The number of nitrogens with one attached hydrogen (secondary N) is 1. The fourth-order valence-corrected chi connectivity index (χ4v) is 1.42. The Hall–Kier alpha value is -2.74. The first kappa shape index (κ1) is 13.7. The summed E-state index contributed by atoms with van der Waals surface area (Å²) in [6.07, 6.45) is -0.390. The number of para-hydroxylation sites is 1. The van der Waals surface area contributed by atoms with Gasteiger partial charge in [0.1, 0.15) is 0 Å². The summed E-state index contributed by atoms with van der Waals surface area (Å²) in [7, 11) is 0. The Bertz CT molecular complexity index is 611. The molecule has 0 aliphatic carbocycles. The van der Waals surface area contributed by atoms with Gasteiger partial charge in [0, 0.05) is 0 Å². The van der Waals surface area contributed by atoms with Gasteiger partial charge in [-0.15, -0.1) is 5.10 Å². The van der Waals surface area contributed by atoms with Crippen LogP contribution in [-0.4, -0.2) is 49.7 Å². The lowest BCUT2D eigenvalue weighted by Gasteiger charge is -2.05. The van der Waals surface area contributed by atoms with Gasteiger partial charge in [0.05, 0.1) is 18.4 Å². The average Bonchev–Trinajstić information content (AvgIpc) is 2.95. The Morgan fingerprint density at radius 1 is 1.30 bits per heavy atom. The molecule has 0 saturated carbocycles. The smallest absolute Gasteiger partial charge is 0.334 e. The summed E-state index contributed by atoms with van der Waals surface area (Å²) < 4.78 is 0. The molecule has 8 nitrogen and oxygen atoms in total. The van der Waals surface area contributed by atoms with E-state index in [4.69, 9.17) is 10.2 Å². The van der Waals surface area contributed by atoms with Crippen molar-refractivity contribution in [3.63, 3.8) is 0 Å². The minimum absolute atomic E-state index is 0.0337. The summed E-state index contributed by atoms with van der Waals surface area (Å²) in [6, 6.07) is 9.00. The molecule has 104 valence electrons. The van der Waals surface area contributed by atoms with Gasteiger partial charge in [-0.3, -0.25) is 4.79 Å². The van der Waals surface area contributed by atoms with Crippen molar-refractivity contribution in [2.75, 3.05) is 6.54 Å². The fraction of sp³-hybridized carbons (Fsp3) is 0.167. The van der Waals surface area contributed by atoms with Crippen molar-refractivity contribution in [3.8, 4) is 5.69 Å². The van der Waals surface area contributed by atoms with Crippen molar-refractivity contribution in [2.24, 2.45) is 0 Å². The number of hydrogen-bond donors (Lipinski definition) is 3. The first-order valence-corrected chi connectivity index (χ1v) is 5.75. The zero-order valence-corrected chi connectivity index (χ0v) is 10.3. The minimum atomic E-state index is -1.65. The molecule has 0 spiro atoms. The van der Waals surface area contributed by atoms with E-state index in [0.717, 1.165) is 0 Å². The van der Waals surface area contributed by atoms with Gasteiger partial charge in [-0.2, -0.15) is 9.90 Å². The molecule has 3 N–H and O–H groups in total. The van der Waals surface area contributed by atoms with Crippen molar-refractivity contribution in [2.45, 2.75) is 6.10 Å². The molecule has 0 fully saturated rings. The number of nitrogens with zero attached hydrogens (tertiary/aromatic N) is 3. The minimum Gasteiger partial charge on any atom is -0.479 e. The standard InChI is InChI=1S/C12H12N4O4/c17-10(12(19)20)7-13-11(18)9-6-14-16(15-9)8-4-2-1-3-5-8/h1-6,10,17H,7H2,(H,13,18)(H,19,20)/t10-/m0/s1. The largest absolute Gasteiger partial charge is 0.479 e. The first-order valence-electron chi connectivity index (χ1n) is 5.75. The maximum atomic E-state index is 11.7. The second-order valence-electron chi connectivity index (χ2n) is 3.92. The Balaban J connectivity index is 2.02. The molecule has 0 radical (unpaired) electrons. The molecular formula is C12H12N4O4. The number of carboxylic acids is 1. The third-order valence-electron chi connectivity index (χ3n) is 2.45. The Kier molecular flexibility index (Phi) is 4.06. The number of benzene rings is 1. The molecule has 1 aromatic heterocycles. The van der Waals surface area contributed by atoms with E-state index in [9.17, 15) is 9.59 Å². The van der Waals surface area contributed by atoms with Crippen molar-refractivity contribution >= 4 is 11.9 Å². The maximum Gasteiger partial charge on any atom is 0.334 e. The predicted molar refractivity (Wildman–Crippen MR) is 67.3 cm³/mol. The lowest BCUT2D eigenvalue weighted by molar-refractivity contribution is -0.146. The number of aliphatic hydroxyl groups is 1. The highest BCUT2D eigenvalue weighted by Gasteiger charge is 2.16. The third-order valence-corrected chi connectivity index (χ3v) is 2.45. The summed E-state index contributed by atoms with van der Waals surface area (Å²) in [4.78, 5) is 23.4. The van der Waals surface area contributed by atoms with Gasteiger partial charge in [0.25, 0.3) is 5.91 Å². The number of hydrogen-bond acceptors (Lipinski definition) is 5. The van der Waals surface area contributed by atoms with Crippen LogP contribution in [0.2, 0.25) is 0 Å². The fourth-order valence-electron chi connectivity index (χ4n) is 1.42. The number of carbonyl (C=O) groups excluding carboxylic acids is 1. The number of rotatable bonds is 5. The highest BCUT2D eigenvalue weighted by atomic mass is 16.4. The molecule has 0 saturated heterocycles. The van der Waals surface area contributed by atoms with E-state index < -0.39 is 24.5 Å². The van der Waals surface area contributed by atoms with Crippen molar-refractivity contribution in [1.82, 2.24) is 20.3 Å². The lowest BCUT2D eigenvalue weighted by atomic mass is 10.3. The van der Waals surface area contributed by atoms with E-state index in [1.807, 2.05) is 18.2 Å². The van der Waals surface area contributed by atoms with E-state index >= 15 is 0 Å². The Labute approximate surface area is 113 Å². The molecule has 0 bridgehead atoms. The summed E-state index contributed by atoms with van der Waals surface area (Å²) in [6.45, 7) is -0.396. The quantitative estimate of drug-likeness (QED) is 0.674. The van der Waals surface area contributed by atoms with Crippen LogP contribution >= 0.6 is 0 Å². The van der Waals surface area contributed by atoms with E-state index in [1.165, 1.54) is 11.0 Å². The van der Waals surface area contributed by atoms with E-state index in [0.29, 0.717) is 5.69 Å². The van der Waals surface area contributed by atoms with Crippen LogP contribution in [0.5, 0.6) is 0 Å². The zero-order chi connectivity index (χ0) is 14.5. The van der Waals surface area contributed by atoms with E-state index in [-0.39, 0.29) is 5.69 Å². The zero-order valence-electron chi connectivity index (χ0n) is 10.3. The van der Waals surface area contributed by atoms with Gasteiger partial charge >= 0.3 is 5.97 Å². The highest BCUT2D eigenvalue weighted by Crippen LogP contribution is 2.04. The normalized spacial score (nSPS) is 11.8. The second-order valence-corrected chi connectivity index (χ2v) is 3.92. The van der Waals surface area contributed by atoms with Crippen LogP contribution in [0.3, 0.4) is 0 Å². The average molecular weight is 276 g/mol. The van der Waals surface area contributed by atoms with Crippen LogP contribution in [0.4, 0.5) is 0 Å². The van der Waals surface area contributed by atoms with E-state index in [1.54, 1.807) is 12.1 Å². The molecule has 0 aliphatic heterocycles. The number of carboxylic acid groups (broad SMARTS) is 1. The first-order chi connectivity index (χ1) is 9.58. The predicted octanol–water partition coefficient (Wildman–Crippen LogP) is -0.557. The molecule has 2 aromatic rings. The Morgan fingerprint density at radius 3 is 2.65 bits per heavy atom. The van der Waals surface area contributed by atoms with E-state index in [2.05, 4.69) is 15.5 Å². The highest BCUT2D eigenvalue weighted by molar-refractivity contribution is 5.92. The van der Waals surface area contributed by atoms with Crippen LogP contribution < -0.4 is 5.32 Å². The number of aliphatic hydroxyl groups excluding tert-OH is 1. The number of carbonyl (C=O) groups is 2. The molecular weight excluding hydrogens is 264 g/mol. The maximum absolute atomic E-state index is 11.7. The van der Waals surface area contributed by atoms with Crippen LogP contribution in [0.15, 0.2) is 36.5 Å². The van der Waals surface area contributed by atoms with Crippen LogP contribution in [-0.2, 0) is 4.79 Å². The van der Waals surface area contributed by atoms with Gasteiger partial charge in [0.2, 0.25) is 0 Å². The van der Waals surface area contributed by atoms with Gasteiger partial charge < -0.3 is 15.5 Å². The van der Waals surface area contributed by atoms with Gasteiger partial charge in [-0.25, -0.2) is 4.79 Å². The number of amides is 1. The molecule has 1 aromatic carbocycles. The lowest BCUT2D eigenvalue weighted by Crippen LogP contribution is -2.36. The topological polar surface area (TPSA) is 117 Å². The number of aliphatic carboxylic acids is 1. The molecule has 1 atom stereocenters. The molecule has 1 amide bonds. The Morgan fingerprint density at radius 2 is 2.00 bits per heavy atom. The summed E-state index contributed by atoms with van der Waals surface area (Å²) in [5.41, 5.74) is 0.726.